The van der Waals surface area contributed by atoms with Gasteiger partial charge in [0.05, 0.1) is 17.6 Å². The average Bonchev–Trinajstić information content (AvgIpc) is 3.44. The maximum absolute atomic E-state index is 12.5. The van der Waals surface area contributed by atoms with E-state index >= 15 is 0 Å². The molecule has 32 heavy (non-hydrogen) atoms. The number of para-hydroxylation sites is 1. The van der Waals surface area contributed by atoms with Gasteiger partial charge in [0.2, 0.25) is 0 Å². The van der Waals surface area contributed by atoms with Gasteiger partial charge in [0.25, 0.3) is 5.91 Å². The first-order valence-corrected chi connectivity index (χ1v) is 10.5. The smallest absolute Gasteiger partial charge is 0.251 e. The van der Waals surface area contributed by atoms with E-state index in [0.717, 1.165) is 44.9 Å². The van der Waals surface area contributed by atoms with E-state index in [1.165, 1.54) is 0 Å². The highest BCUT2D eigenvalue weighted by Gasteiger charge is 2.10. The van der Waals surface area contributed by atoms with Gasteiger partial charge in [0, 0.05) is 30.6 Å². The maximum atomic E-state index is 12.5. The minimum Gasteiger partial charge on any atom is -0.345 e. The van der Waals surface area contributed by atoms with Gasteiger partial charge in [0.15, 0.2) is 0 Å². The van der Waals surface area contributed by atoms with Crippen LogP contribution >= 0.6 is 0 Å². The highest BCUT2D eigenvalue weighted by molar-refractivity contribution is 5.94. The van der Waals surface area contributed by atoms with E-state index in [-0.39, 0.29) is 5.91 Å². The number of carbonyl (C=O) groups excluding carboxylic acids is 1. The molecule has 6 nitrogen and oxygen atoms in total. The molecule has 0 spiro atoms. The zero-order valence-corrected chi connectivity index (χ0v) is 18.0. The second-order valence-corrected chi connectivity index (χ2v) is 7.85. The minimum atomic E-state index is -0.119. The largest absolute Gasteiger partial charge is 0.345 e. The summed E-state index contributed by atoms with van der Waals surface area (Å²) < 4.78 is 1.89. The van der Waals surface area contributed by atoms with Gasteiger partial charge in [-0.25, -0.2) is 9.97 Å². The van der Waals surface area contributed by atoms with E-state index in [1.54, 1.807) is 6.20 Å². The van der Waals surface area contributed by atoms with E-state index in [1.807, 2.05) is 60.3 Å². The minimum absolute atomic E-state index is 0.119. The number of nitrogens with zero attached hydrogens (tertiary/aromatic N) is 3. The van der Waals surface area contributed by atoms with Crippen LogP contribution < -0.4 is 5.32 Å². The number of hydrogen-bond donors (Lipinski definition) is 2. The van der Waals surface area contributed by atoms with E-state index in [2.05, 4.69) is 46.5 Å². The van der Waals surface area contributed by atoms with Gasteiger partial charge >= 0.3 is 0 Å². The van der Waals surface area contributed by atoms with Crippen LogP contribution in [0.3, 0.4) is 0 Å². The Kier molecular flexibility index (Phi) is 5.03. The molecule has 6 heteroatoms. The molecule has 5 aromatic rings. The molecule has 158 valence electrons. The molecular formula is C26H23N5O. The third-order valence-electron chi connectivity index (χ3n) is 5.66. The van der Waals surface area contributed by atoms with Crippen LogP contribution in [-0.4, -0.2) is 25.4 Å². The second-order valence-electron chi connectivity index (χ2n) is 7.85. The van der Waals surface area contributed by atoms with Crippen LogP contribution in [0.25, 0.3) is 33.5 Å². The SMILES string of the molecule is Cc1cccc2[nH]c(-c3cccc(-c4ccc(C(=O)NCc5nccn5C)cc4)c3)nc12. The summed E-state index contributed by atoms with van der Waals surface area (Å²) in [5.74, 6) is 1.54. The van der Waals surface area contributed by atoms with Crippen molar-refractivity contribution in [2.75, 3.05) is 0 Å². The Hall–Kier alpha value is -4.19. The van der Waals surface area contributed by atoms with Crippen molar-refractivity contribution in [3.05, 3.63) is 96.1 Å². The molecule has 0 unspecified atom stereocenters. The van der Waals surface area contributed by atoms with E-state index in [0.29, 0.717) is 12.1 Å². The van der Waals surface area contributed by atoms with Gasteiger partial charge < -0.3 is 14.9 Å². The summed E-state index contributed by atoms with van der Waals surface area (Å²) in [6.07, 6.45) is 3.58. The van der Waals surface area contributed by atoms with Gasteiger partial charge in [-0.2, -0.15) is 0 Å². The van der Waals surface area contributed by atoms with Crippen molar-refractivity contribution < 1.29 is 4.79 Å². The molecule has 2 N–H and O–H groups in total. The second kappa shape index (κ2) is 8.15. The lowest BCUT2D eigenvalue weighted by atomic mass is 10.0. The summed E-state index contributed by atoms with van der Waals surface area (Å²) in [7, 11) is 1.91. The molecule has 0 aliphatic heterocycles. The van der Waals surface area contributed by atoms with Gasteiger partial charge in [-0.05, 0) is 47.9 Å². The molecule has 0 aliphatic rings. The molecule has 0 fully saturated rings. The lowest BCUT2D eigenvalue weighted by molar-refractivity contribution is 0.0949. The third-order valence-corrected chi connectivity index (χ3v) is 5.66. The van der Waals surface area contributed by atoms with Crippen LogP contribution in [0.15, 0.2) is 79.1 Å². The summed E-state index contributed by atoms with van der Waals surface area (Å²) in [6.45, 7) is 2.46. The fraction of sp³-hybridized carbons (Fsp3) is 0.115. The molecular weight excluding hydrogens is 398 g/mol. The maximum Gasteiger partial charge on any atom is 0.251 e. The highest BCUT2D eigenvalue weighted by atomic mass is 16.1. The Balaban J connectivity index is 1.35. The topological polar surface area (TPSA) is 75.6 Å². The number of hydrogen-bond acceptors (Lipinski definition) is 3. The predicted molar refractivity (Wildman–Crippen MR) is 126 cm³/mol. The van der Waals surface area contributed by atoms with Crippen molar-refractivity contribution in [1.29, 1.82) is 0 Å². The summed E-state index contributed by atoms with van der Waals surface area (Å²) >= 11 is 0. The van der Waals surface area contributed by atoms with Gasteiger partial charge in [-0.3, -0.25) is 4.79 Å². The molecule has 5 rings (SSSR count). The number of aryl methyl sites for hydroxylation is 2. The predicted octanol–water partition coefficient (Wildman–Crippen LogP) is 4.87. The number of imidazole rings is 2. The lowest BCUT2D eigenvalue weighted by Crippen LogP contribution is -2.24. The van der Waals surface area contributed by atoms with Crippen LogP contribution in [-0.2, 0) is 13.6 Å². The monoisotopic (exact) mass is 421 g/mol. The molecule has 2 aromatic heterocycles. The standard InChI is InChI=1S/C26H23N5O/c1-17-5-3-8-22-24(17)30-25(29-22)21-7-4-6-20(15-21)18-9-11-19(12-10-18)26(32)28-16-23-27-13-14-31(23)2/h3-15H,16H2,1-2H3,(H,28,32)(H,29,30). The molecule has 2 heterocycles. The van der Waals surface area contributed by atoms with Crippen LogP contribution in [0.2, 0.25) is 0 Å². The summed E-state index contributed by atoms with van der Waals surface area (Å²) in [5, 5.41) is 2.91. The van der Waals surface area contributed by atoms with E-state index in [9.17, 15) is 4.79 Å². The Morgan fingerprint density at radius 1 is 1.00 bits per heavy atom. The quantitative estimate of drug-likeness (QED) is 0.425. The molecule has 0 atom stereocenters. The number of H-pyrrole nitrogens is 1. The number of fused-ring (bicyclic) bond motifs is 1. The molecule has 0 saturated heterocycles. The normalized spacial score (nSPS) is 11.1. The van der Waals surface area contributed by atoms with Crippen LogP contribution in [0.1, 0.15) is 21.7 Å². The van der Waals surface area contributed by atoms with Crippen LogP contribution in [0.4, 0.5) is 0 Å². The fourth-order valence-electron chi connectivity index (χ4n) is 3.80. The Morgan fingerprint density at radius 3 is 2.53 bits per heavy atom. The summed E-state index contributed by atoms with van der Waals surface area (Å²) in [5.41, 5.74) is 6.93. The number of benzene rings is 3. The first kappa shape index (κ1) is 19.8. The van der Waals surface area contributed by atoms with Crippen molar-refractivity contribution >= 4 is 16.9 Å². The van der Waals surface area contributed by atoms with Crippen LogP contribution in [0.5, 0.6) is 0 Å². The van der Waals surface area contributed by atoms with Gasteiger partial charge in [-0.15, -0.1) is 0 Å². The highest BCUT2D eigenvalue weighted by Crippen LogP contribution is 2.27. The molecule has 3 aromatic carbocycles. The van der Waals surface area contributed by atoms with Crippen molar-refractivity contribution in [3.8, 4) is 22.5 Å². The third kappa shape index (κ3) is 3.78. The number of amides is 1. The van der Waals surface area contributed by atoms with Crippen LogP contribution in [0, 0.1) is 6.92 Å². The fourth-order valence-corrected chi connectivity index (χ4v) is 3.80. The summed E-state index contributed by atoms with van der Waals surface area (Å²) in [4.78, 5) is 24.9. The molecule has 1 amide bonds. The zero-order chi connectivity index (χ0) is 22.1. The lowest BCUT2D eigenvalue weighted by Gasteiger charge is -2.07. The number of carbonyl (C=O) groups is 1. The number of nitrogens with one attached hydrogen (secondary N) is 2. The average molecular weight is 422 g/mol. The number of rotatable bonds is 5. The first-order chi connectivity index (χ1) is 15.6. The number of aromatic amines is 1. The molecule has 0 bridgehead atoms. The zero-order valence-electron chi connectivity index (χ0n) is 18.0. The van der Waals surface area contributed by atoms with Crippen molar-refractivity contribution in [1.82, 2.24) is 24.8 Å². The van der Waals surface area contributed by atoms with E-state index in [4.69, 9.17) is 4.98 Å². The van der Waals surface area contributed by atoms with Gasteiger partial charge in [0.1, 0.15) is 11.6 Å². The van der Waals surface area contributed by atoms with Gasteiger partial charge in [-0.1, -0.05) is 42.5 Å². The Morgan fingerprint density at radius 2 is 1.78 bits per heavy atom. The molecule has 0 saturated carbocycles. The number of aromatic nitrogens is 4. The Labute approximate surface area is 186 Å². The first-order valence-electron chi connectivity index (χ1n) is 10.5. The summed E-state index contributed by atoms with van der Waals surface area (Å²) in [6, 6.07) is 22.0. The van der Waals surface area contributed by atoms with Crippen molar-refractivity contribution in [3.63, 3.8) is 0 Å². The molecule has 0 aliphatic carbocycles. The molecule has 0 radical (unpaired) electrons. The van der Waals surface area contributed by atoms with E-state index < -0.39 is 0 Å². The van der Waals surface area contributed by atoms with Crippen molar-refractivity contribution in [2.45, 2.75) is 13.5 Å². The Bertz CT molecular complexity index is 1410. The van der Waals surface area contributed by atoms with Crippen molar-refractivity contribution in [2.24, 2.45) is 7.05 Å².